The number of halogens is 1. The maximum absolute atomic E-state index is 13.1. The highest BCUT2D eigenvalue weighted by Gasteiger charge is 2.29. The molecule has 2 aromatic heterocycles. The van der Waals surface area contributed by atoms with Crippen LogP contribution in [0.4, 0.5) is 0 Å². The van der Waals surface area contributed by atoms with Gasteiger partial charge in [0, 0.05) is 41.3 Å². The highest BCUT2D eigenvalue weighted by Crippen LogP contribution is 2.27. The second-order valence-corrected chi connectivity index (χ2v) is 8.72. The third-order valence-electron chi connectivity index (χ3n) is 6.33. The largest absolute Gasteiger partial charge is 0.350 e. The van der Waals surface area contributed by atoms with Gasteiger partial charge in [0.05, 0.1) is 0 Å². The number of hydrogen-bond acceptors (Lipinski definition) is 3. The molecule has 31 heavy (non-hydrogen) atoms. The second-order valence-electron chi connectivity index (χ2n) is 8.31. The van der Waals surface area contributed by atoms with Crippen molar-refractivity contribution in [1.29, 1.82) is 0 Å². The molecule has 0 radical (unpaired) electrons. The van der Waals surface area contributed by atoms with E-state index < -0.39 is 0 Å². The number of benzene rings is 1. The van der Waals surface area contributed by atoms with E-state index in [0.29, 0.717) is 30.2 Å². The summed E-state index contributed by atoms with van der Waals surface area (Å²) >= 11 is 6.23. The van der Waals surface area contributed by atoms with Crippen molar-refractivity contribution in [2.75, 3.05) is 6.54 Å². The standard InChI is InChI=1S/C23H23ClN4O3/c24-17-6-3-7-18-16(17)10-19(27-18)23(31)28-9-8-15-13(12-28)11-25-21(29)20(15)22(30)26-14-4-1-2-5-14/h3,6-7,10-11,14,27H,1-2,4-5,8-9,12H2,(H,25,29)(H,26,30). The molecule has 8 heteroatoms. The molecule has 0 unspecified atom stereocenters. The minimum Gasteiger partial charge on any atom is -0.350 e. The molecule has 2 aliphatic rings. The Balaban J connectivity index is 1.40. The lowest BCUT2D eigenvalue weighted by Gasteiger charge is -2.29. The molecule has 1 aromatic carbocycles. The maximum Gasteiger partial charge on any atom is 0.270 e. The van der Waals surface area contributed by atoms with Crippen molar-refractivity contribution < 1.29 is 9.59 Å². The van der Waals surface area contributed by atoms with Gasteiger partial charge in [-0.25, -0.2) is 0 Å². The van der Waals surface area contributed by atoms with Crippen LogP contribution in [0.2, 0.25) is 5.02 Å². The van der Waals surface area contributed by atoms with Gasteiger partial charge in [0.1, 0.15) is 11.3 Å². The fraction of sp³-hybridized carbons (Fsp3) is 0.348. The molecule has 1 aliphatic carbocycles. The number of hydrogen-bond donors (Lipinski definition) is 3. The Kier molecular flexibility index (Phi) is 5.06. The van der Waals surface area contributed by atoms with Gasteiger partial charge in [-0.05, 0) is 48.6 Å². The highest BCUT2D eigenvalue weighted by molar-refractivity contribution is 6.35. The van der Waals surface area contributed by atoms with E-state index in [1.165, 1.54) is 0 Å². The number of aromatic nitrogens is 2. The van der Waals surface area contributed by atoms with Gasteiger partial charge in [0.25, 0.3) is 17.4 Å². The van der Waals surface area contributed by atoms with E-state index in [-0.39, 0.29) is 29.0 Å². The number of H-pyrrole nitrogens is 2. The van der Waals surface area contributed by atoms with Gasteiger partial charge < -0.3 is 20.2 Å². The van der Waals surface area contributed by atoms with Crippen LogP contribution in [0.25, 0.3) is 10.9 Å². The van der Waals surface area contributed by atoms with E-state index in [2.05, 4.69) is 15.3 Å². The van der Waals surface area contributed by atoms with E-state index in [0.717, 1.165) is 47.7 Å². The average molecular weight is 439 g/mol. The summed E-state index contributed by atoms with van der Waals surface area (Å²) in [7, 11) is 0. The fourth-order valence-corrected chi connectivity index (χ4v) is 4.94. The lowest BCUT2D eigenvalue weighted by molar-refractivity contribution is 0.0729. The highest BCUT2D eigenvalue weighted by atomic mass is 35.5. The van der Waals surface area contributed by atoms with Gasteiger partial charge in [-0.15, -0.1) is 0 Å². The van der Waals surface area contributed by atoms with Crippen LogP contribution in [0.1, 0.15) is 57.7 Å². The molecule has 3 aromatic rings. The van der Waals surface area contributed by atoms with Crippen LogP contribution >= 0.6 is 11.6 Å². The van der Waals surface area contributed by atoms with Gasteiger partial charge in [-0.1, -0.05) is 30.5 Å². The maximum atomic E-state index is 13.1. The summed E-state index contributed by atoms with van der Waals surface area (Å²) in [6.45, 7) is 0.764. The van der Waals surface area contributed by atoms with E-state index in [1.54, 1.807) is 23.2 Å². The quantitative estimate of drug-likeness (QED) is 0.584. The molecule has 1 fully saturated rings. The first kappa shape index (κ1) is 19.9. The van der Waals surface area contributed by atoms with Gasteiger partial charge in [-0.2, -0.15) is 0 Å². The Hall–Kier alpha value is -3.06. The number of rotatable bonds is 3. The van der Waals surface area contributed by atoms with Crippen LogP contribution in [-0.2, 0) is 13.0 Å². The summed E-state index contributed by atoms with van der Waals surface area (Å²) in [6.07, 6.45) is 6.18. The number of aromatic amines is 2. The summed E-state index contributed by atoms with van der Waals surface area (Å²) in [5, 5.41) is 4.40. The smallest absolute Gasteiger partial charge is 0.270 e. The normalized spacial score (nSPS) is 16.5. The van der Waals surface area contributed by atoms with Gasteiger partial charge in [0.2, 0.25) is 0 Å². The van der Waals surface area contributed by atoms with Gasteiger partial charge in [0.15, 0.2) is 0 Å². The molecule has 0 atom stereocenters. The second kappa shape index (κ2) is 7.89. The first-order valence-corrected chi connectivity index (χ1v) is 11.0. The van der Waals surface area contributed by atoms with Gasteiger partial charge >= 0.3 is 0 Å². The van der Waals surface area contributed by atoms with E-state index >= 15 is 0 Å². The van der Waals surface area contributed by atoms with Crippen molar-refractivity contribution in [3.05, 3.63) is 68.2 Å². The summed E-state index contributed by atoms with van der Waals surface area (Å²) in [5.74, 6) is -0.448. The van der Waals surface area contributed by atoms with Crippen molar-refractivity contribution in [3.8, 4) is 0 Å². The summed E-state index contributed by atoms with van der Waals surface area (Å²) in [4.78, 5) is 45.9. The van der Waals surface area contributed by atoms with Crippen molar-refractivity contribution in [2.45, 2.75) is 44.7 Å². The Morgan fingerprint density at radius 1 is 1.19 bits per heavy atom. The van der Waals surface area contributed by atoms with Crippen LogP contribution in [0.5, 0.6) is 0 Å². The average Bonchev–Trinajstić information content (AvgIpc) is 3.43. The molecule has 2 amide bonds. The molecule has 0 saturated heterocycles. The Morgan fingerprint density at radius 3 is 2.77 bits per heavy atom. The summed E-state index contributed by atoms with van der Waals surface area (Å²) < 4.78 is 0. The molecule has 0 bridgehead atoms. The molecule has 3 heterocycles. The predicted molar refractivity (Wildman–Crippen MR) is 119 cm³/mol. The molecule has 0 spiro atoms. The summed E-state index contributed by atoms with van der Waals surface area (Å²) in [6, 6.07) is 7.41. The summed E-state index contributed by atoms with van der Waals surface area (Å²) in [5.41, 5.74) is 2.62. The molecule has 1 aliphatic heterocycles. The number of fused-ring (bicyclic) bond motifs is 2. The zero-order chi connectivity index (χ0) is 21.5. The van der Waals surface area contributed by atoms with Crippen molar-refractivity contribution in [1.82, 2.24) is 20.2 Å². The number of carbonyl (C=O) groups is 2. The van der Waals surface area contributed by atoms with Crippen LogP contribution in [0, 0.1) is 0 Å². The predicted octanol–water partition coefficient (Wildman–Crippen LogP) is 3.38. The number of amides is 2. The fourth-order valence-electron chi connectivity index (χ4n) is 4.71. The Labute approximate surface area is 183 Å². The lowest BCUT2D eigenvalue weighted by atomic mass is 9.96. The van der Waals surface area contributed by atoms with E-state index in [9.17, 15) is 14.4 Å². The minimum absolute atomic E-state index is 0.137. The zero-order valence-corrected chi connectivity index (χ0v) is 17.7. The molecule has 1 saturated carbocycles. The third kappa shape index (κ3) is 3.63. The lowest BCUT2D eigenvalue weighted by Crippen LogP contribution is -2.41. The zero-order valence-electron chi connectivity index (χ0n) is 17.0. The Bertz CT molecular complexity index is 1240. The Morgan fingerprint density at radius 2 is 2.00 bits per heavy atom. The number of nitrogens with one attached hydrogen (secondary N) is 3. The number of pyridine rings is 1. The van der Waals surface area contributed by atoms with E-state index in [4.69, 9.17) is 11.6 Å². The number of carbonyl (C=O) groups excluding carboxylic acids is 2. The van der Waals surface area contributed by atoms with Crippen LogP contribution in [0.15, 0.2) is 35.3 Å². The van der Waals surface area contributed by atoms with E-state index in [1.807, 2.05) is 12.1 Å². The molecular formula is C23H23ClN4O3. The van der Waals surface area contributed by atoms with Gasteiger partial charge in [-0.3, -0.25) is 14.4 Å². The molecule has 160 valence electrons. The van der Waals surface area contributed by atoms with Crippen molar-refractivity contribution >= 4 is 34.3 Å². The van der Waals surface area contributed by atoms with Crippen LogP contribution < -0.4 is 10.9 Å². The first-order chi connectivity index (χ1) is 15.0. The third-order valence-corrected chi connectivity index (χ3v) is 6.66. The molecule has 3 N–H and O–H groups in total. The SMILES string of the molecule is O=C(NC1CCCC1)c1c2c(c[nH]c1=O)CN(C(=O)c1cc3c(Cl)cccc3[nH]1)CC2. The van der Waals surface area contributed by atoms with Crippen molar-refractivity contribution in [3.63, 3.8) is 0 Å². The van der Waals surface area contributed by atoms with Crippen molar-refractivity contribution in [2.24, 2.45) is 0 Å². The topological polar surface area (TPSA) is 98.1 Å². The van der Waals surface area contributed by atoms with Crippen LogP contribution in [0.3, 0.4) is 0 Å². The number of nitrogens with zero attached hydrogens (tertiary/aromatic N) is 1. The molecule has 7 nitrogen and oxygen atoms in total. The van der Waals surface area contributed by atoms with Crippen LogP contribution in [-0.4, -0.2) is 39.3 Å². The monoisotopic (exact) mass is 438 g/mol. The first-order valence-electron chi connectivity index (χ1n) is 10.6. The molecular weight excluding hydrogens is 416 g/mol. The molecule has 5 rings (SSSR count). The minimum atomic E-state index is -0.376.